The van der Waals surface area contributed by atoms with Crippen molar-refractivity contribution in [3.8, 4) is 0 Å². The van der Waals surface area contributed by atoms with Gasteiger partial charge in [0.2, 0.25) is 0 Å². The molecule has 0 fully saturated rings. The predicted octanol–water partition coefficient (Wildman–Crippen LogP) is -0.811. The first-order valence-corrected chi connectivity index (χ1v) is 2.10. The third-order valence-electron chi connectivity index (χ3n) is 0. The molecule has 0 spiro atoms. The van der Waals surface area contributed by atoms with Crippen LogP contribution in [0.25, 0.3) is 0 Å². The molecule has 4 nitrogen and oxygen atoms in total. The molecule has 0 unspecified atom stereocenters. The topological polar surface area (TPSA) is 74.6 Å². The van der Waals surface area contributed by atoms with Gasteiger partial charge in [-0.15, -0.1) is 0 Å². The molecule has 7 heavy (non-hydrogen) atoms. The van der Waals surface area contributed by atoms with Crippen LogP contribution in [0.4, 0.5) is 0 Å². The minimum atomic E-state index is -4.67. The summed E-state index contributed by atoms with van der Waals surface area (Å²) in [4.78, 5) is 0. The second-order valence-corrected chi connectivity index (χ2v) is 1.34. The average molecular weight is 180 g/mol. The maximum absolute atomic E-state index is 8.74. The second kappa shape index (κ2) is 5.30. The van der Waals surface area contributed by atoms with Gasteiger partial charge in [-0.25, -0.2) is 0 Å². The van der Waals surface area contributed by atoms with Gasteiger partial charge in [0, 0.05) is 17.1 Å². The maximum atomic E-state index is 8.74. The Hall–Kier alpha value is 1.16. The zero-order valence-electron chi connectivity index (χ0n) is 5.18. The van der Waals surface area contributed by atoms with E-state index >= 15 is 0 Å². The van der Waals surface area contributed by atoms with Gasteiger partial charge in [-0.05, 0) is 0 Å². The van der Waals surface area contributed by atoms with Crippen LogP contribution in [0.2, 0.25) is 0 Å². The van der Waals surface area contributed by atoms with Crippen LogP contribution in [-0.2, 0) is 27.5 Å². The van der Waals surface area contributed by atoms with E-state index in [0.717, 1.165) is 0 Å². The maximum Gasteiger partial charge on any atom is 2.00 e. The molecule has 44 valence electrons. The van der Waals surface area contributed by atoms with Crippen LogP contribution in [0.1, 0.15) is 2.85 Å². The van der Waals surface area contributed by atoms with Gasteiger partial charge < -0.3 is 2.85 Å². The fourth-order valence-electron chi connectivity index (χ4n) is 0. The van der Waals surface area contributed by atoms with Crippen LogP contribution in [0.15, 0.2) is 0 Å². The molecule has 0 aliphatic heterocycles. The Balaban J connectivity index is -0.0000000133. The summed E-state index contributed by atoms with van der Waals surface area (Å²) in [5, 5.41) is 0. The quantitative estimate of drug-likeness (QED) is 0.377. The van der Waals surface area contributed by atoms with Crippen LogP contribution >= 0.6 is 0 Å². The molecule has 0 saturated heterocycles. The van der Waals surface area contributed by atoms with Crippen molar-refractivity contribution in [2.45, 2.75) is 0 Å². The van der Waals surface area contributed by atoms with E-state index in [-0.39, 0.29) is 43.0 Å². The molecule has 0 radical (unpaired) electrons. The van der Waals surface area contributed by atoms with Gasteiger partial charge in [0.15, 0.2) is 0 Å². The van der Waals surface area contributed by atoms with E-state index < -0.39 is 10.4 Å². The summed E-state index contributed by atoms with van der Waals surface area (Å²) >= 11 is 0. The molecule has 0 saturated carbocycles. The van der Waals surface area contributed by atoms with E-state index in [4.69, 9.17) is 17.5 Å². The average Bonchev–Trinajstić information content (AvgIpc) is 0.722. The number of rotatable bonds is 0. The third kappa shape index (κ3) is 142. The Kier molecular flexibility index (Phi) is 11.9. The smallest absolute Gasteiger partial charge is 1.00 e. The molecule has 7 heteroatoms. The van der Waals surface area contributed by atoms with Crippen molar-refractivity contribution >= 4 is 33.5 Å². The molecule has 0 amide bonds. The first-order chi connectivity index (χ1) is 2.00. The summed E-state index contributed by atoms with van der Waals surface area (Å²) in [6, 6.07) is 0. The molecule has 0 rings (SSSR count). The van der Waals surface area contributed by atoms with Gasteiger partial charge in [0.05, 0.1) is 0 Å². The molecule has 0 atom stereocenters. The molecule has 0 aromatic carbocycles. The molecular weight excluding hydrogens is 176 g/mol. The van der Waals surface area contributed by atoms with E-state index in [1.54, 1.807) is 0 Å². The normalized spacial score (nSPS) is 8.29. The van der Waals surface area contributed by atoms with E-state index in [9.17, 15) is 0 Å². The van der Waals surface area contributed by atoms with Crippen LogP contribution in [0, 0.1) is 0 Å². The molecule has 0 aromatic rings. The zero-order chi connectivity index (χ0) is 4.50. The monoisotopic (exact) mass is 180 g/mol. The molecule has 2 N–H and O–H groups in total. The Morgan fingerprint density at radius 1 is 1.29 bits per heavy atom. The van der Waals surface area contributed by atoms with Crippen molar-refractivity contribution in [1.29, 1.82) is 0 Å². The summed E-state index contributed by atoms with van der Waals surface area (Å²) in [5.41, 5.74) is 0. The van der Waals surface area contributed by atoms with E-state index in [1.165, 1.54) is 0 Å². The van der Waals surface area contributed by atoms with Gasteiger partial charge in [0.25, 0.3) is 0 Å². The Morgan fingerprint density at radius 3 is 1.29 bits per heavy atom. The standard InChI is InChI=1S/Fe.Mg.H2O4S.2H/c;;1-5(2,3)4;;/h;;(H2,1,2,3,4);;/q;+2;;2*-1. The summed E-state index contributed by atoms with van der Waals surface area (Å²) in [6.07, 6.45) is 0. The molecule has 0 aliphatic rings. The molecule has 0 bridgehead atoms. The molecule has 0 aliphatic carbocycles. The van der Waals surface area contributed by atoms with Crippen LogP contribution < -0.4 is 0 Å². The first kappa shape index (κ1) is 15.7. The Morgan fingerprint density at radius 2 is 1.29 bits per heavy atom. The van der Waals surface area contributed by atoms with E-state index in [1.807, 2.05) is 0 Å². The summed E-state index contributed by atoms with van der Waals surface area (Å²) in [5.74, 6) is 0. The van der Waals surface area contributed by atoms with Gasteiger partial charge in [-0.2, -0.15) is 8.42 Å². The van der Waals surface area contributed by atoms with Gasteiger partial charge in [-0.1, -0.05) is 0 Å². The number of hydrogen-bond donors (Lipinski definition) is 2. The zero-order valence-corrected chi connectivity index (χ0v) is 6.51. The van der Waals surface area contributed by atoms with Crippen molar-refractivity contribution in [2.24, 2.45) is 0 Å². The van der Waals surface area contributed by atoms with Crippen LogP contribution in [0.3, 0.4) is 0 Å². The summed E-state index contributed by atoms with van der Waals surface area (Å²) < 4.78 is 31.6. The Labute approximate surface area is 70.8 Å². The fraction of sp³-hybridized carbons (Fsp3) is 0. The Bertz CT molecular complexity index is 102. The van der Waals surface area contributed by atoms with Gasteiger partial charge in [-0.3, -0.25) is 9.11 Å². The molecule has 0 heterocycles. The largest absolute Gasteiger partial charge is 2.00 e. The fourth-order valence-corrected chi connectivity index (χ4v) is 0. The van der Waals surface area contributed by atoms with Crippen molar-refractivity contribution in [3.63, 3.8) is 0 Å². The summed E-state index contributed by atoms with van der Waals surface area (Å²) in [7, 11) is -4.67. The van der Waals surface area contributed by atoms with E-state index in [0.29, 0.717) is 0 Å². The second-order valence-electron chi connectivity index (χ2n) is 0.448. The SMILES string of the molecule is O=S(=O)(O)O.[Fe].[H-].[H-].[Mg+2]. The minimum Gasteiger partial charge on any atom is -1.00 e. The van der Waals surface area contributed by atoms with Crippen molar-refractivity contribution in [2.75, 3.05) is 0 Å². The van der Waals surface area contributed by atoms with Gasteiger partial charge >= 0.3 is 33.5 Å². The minimum absolute atomic E-state index is 0. The van der Waals surface area contributed by atoms with Crippen LogP contribution in [-0.4, -0.2) is 40.6 Å². The first-order valence-electron chi connectivity index (χ1n) is 0.698. The predicted molar refractivity (Wildman–Crippen MR) is 22.2 cm³/mol. The molecular formula is H4FeMgO4S. The molecule has 0 aromatic heterocycles. The van der Waals surface area contributed by atoms with Crippen LogP contribution in [0.5, 0.6) is 0 Å². The number of hydrogen-bond acceptors (Lipinski definition) is 2. The van der Waals surface area contributed by atoms with E-state index in [2.05, 4.69) is 0 Å². The van der Waals surface area contributed by atoms with Crippen molar-refractivity contribution < 1.29 is 37.4 Å². The van der Waals surface area contributed by atoms with Crippen molar-refractivity contribution in [1.82, 2.24) is 0 Å². The van der Waals surface area contributed by atoms with Gasteiger partial charge in [0.1, 0.15) is 0 Å². The summed E-state index contributed by atoms with van der Waals surface area (Å²) in [6.45, 7) is 0. The third-order valence-corrected chi connectivity index (χ3v) is 0. The van der Waals surface area contributed by atoms with Crippen molar-refractivity contribution in [3.05, 3.63) is 0 Å².